The second-order valence-corrected chi connectivity index (χ2v) is 12.7. The third kappa shape index (κ3) is 5.05. The van der Waals surface area contributed by atoms with Gasteiger partial charge in [0.2, 0.25) is 0 Å². The Morgan fingerprint density at radius 1 is 0.383 bits per heavy atom. The first kappa shape index (κ1) is 27.3. The summed E-state index contributed by atoms with van der Waals surface area (Å²) in [5.74, 6) is 0.610. The average molecular weight is 618 g/mol. The lowest BCUT2D eigenvalue weighted by atomic mass is 9.97. The van der Waals surface area contributed by atoms with Crippen molar-refractivity contribution in [1.82, 2.24) is 15.0 Å². The number of hydrogen-bond acceptors (Lipinski definition) is 4. The Bertz CT molecular complexity index is 2570. The van der Waals surface area contributed by atoms with Crippen LogP contribution in [0.3, 0.4) is 0 Å². The first-order valence-electron chi connectivity index (χ1n) is 15.7. The van der Waals surface area contributed by atoms with E-state index < -0.39 is 0 Å². The number of nitrogens with zero attached hydrogens (tertiary/aromatic N) is 3. The minimum atomic E-state index is 0.610. The average Bonchev–Trinajstić information content (AvgIpc) is 3.54. The van der Waals surface area contributed by atoms with Gasteiger partial charge in [-0.05, 0) is 52.6 Å². The van der Waals surface area contributed by atoms with E-state index in [9.17, 15) is 0 Å². The second kappa shape index (κ2) is 11.4. The van der Waals surface area contributed by atoms with Crippen LogP contribution in [0.1, 0.15) is 0 Å². The van der Waals surface area contributed by atoms with Gasteiger partial charge in [0.25, 0.3) is 0 Å². The van der Waals surface area contributed by atoms with Gasteiger partial charge in [0.05, 0.1) is 16.9 Å². The summed E-state index contributed by atoms with van der Waals surface area (Å²) in [6.45, 7) is 0. The molecule has 0 saturated heterocycles. The zero-order valence-electron chi connectivity index (χ0n) is 25.3. The summed E-state index contributed by atoms with van der Waals surface area (Å²) >= 11 is 1.87. The van der Waals surface area contributed by atoms with Gasteiger partial charge in [0.15, 0.2) is 5.82 Å². The minimum absolute atomic E-state index is 0.610. The van der Waals surface area contributed by atoms with Gasteiger partial charge in [-0.15, -0.1) is 11.3 Å². The zero-order chi connectivity index (χ0) is 31.2. The highest BCUT2D eigenvalue weighted by Gasteiger charge is 2.14. The van der Waals surface area contributed by atoms with E-state index in [1.165, 1.54) is 36.9 Å². The summed E-state index contributed by atoms with van der Waals surface area (Å²) in [6.07, 6.45) is 0. The Labute approximate surface area is 276 Å². The van der Waals surface area contributed by atoms with Crippen LogP contribution in [0.25, 0.3) is 87.4 Å². The highest BCUT2D eigenvalue weighted by molar-refractivity contribution is 7.26. The van der Waals surface area contributed by atoms with E-state index in [4.69, 9.17) is 15.0 Å². The Morgan fingerprint density at radius 3 is 1.91 bits per heavy atom. The van der Waals surface area contributed by atoms with E-state index in [1.807, 2.05) is 53.8 Å². The van der Waals surface area contributed by atoms with E-state index in [2.05, 4.69) is 121 Å². The standard InChI is InChI=1S/C43H27N3S/c1-2-10-29(11-3-1)39-27-40(46-43(45-39)38-25-24-30-12-4-6-18-37(30)44-38)31-22-20-28(21-23-31)32-13-8-14-33(26-32)34-16-9-17-36-35-15-5-7-19-41(35)47-42(34)36/h1-27H. The molecule has 9 aromatic rings. The van der Waals surface area contributed by atoms with Crippen molar-refractivity contribution in [3.8, 4) is 56.3 Å². The van der Waals surface area contributed by atoms with Gasteiger partial charge < -0.3 is 0 Å². The molecule has 4 heteroatoms. The van der Waals surface area contributed by atoms with Crippen LogP contribution >= 0.6 is 11.3 Å². The molecule has 0 unspecified atom stereocenters. The van der Waals surface area contributed by atoms with Crippen molar-refractivity contribution in [3.63, 3.8) is 0 Å². The summed E-state index contributed by atoms with van der Waals surface area (Å²) in [5, 5.41) is 3.73. The quantitative estimate of drug-likeness (QED) is 0.193. The Morgan fingerprint density at radius 2 is 1.04 bits per heavy atom. The molecule has 0 atom stereocenters. The van der Waals surface area contributed by atoms with Crippen molar-refractivity contribution in [2.45, 2.75) is 0 Å². The van der Waals surface area contributed by atoms with Crippen LogP contribution in [0.2, 0.25) is 0 Å². The van der Waals surface area contributed by atoms with Crippen LogP contribution in [0.5, 0.6) is 0 Å². The normalized spacial score (nSPS) is 11.4. The molecule has 220 valence electrons. The van der Waals surface area contributed by atoms with Crippen molar-refractivity contribution >= 4 is 42.4 Å². The first-order chi connectivity index (χ1) is 23.3. The molecule has 3 heterocycles. The Kier molecular flexibility index (Phi) is 6.65. The van der Waals surface area contributed by atoms with Crippen molar-refractivity contribution in [1.29, 1.82) is 0 Å². The molecule has 0 radical (unpaired) electrons. The second-order valence-electron chi connectivity index (χ2n) is 11.7. The van der Waals surface area contributed by atoms with Crippen LogP contribution in [0.15, 0.2) is 164 Å². The van der Waals surface area contributed by atoms with Gasteiger partial charge in [-0.25, -0.2) is 15.0 Å². The molecule has 0 aliphatic heterocycles. The summed E-state index contributed by atoms with van der Waals surface area (Å²) in [5.41, 5.74) is 10.3. The van der Waals surface area contributed by atoms with Gasteiger partial charge in [-0.3, -0.25) is 0 Å². The third-order valence-corrected chi connectivity index (χ3v) is 9.93. The molecule has 3 aromatic heterocycles. The molecule has 47 heavy (non-hydrogen) atoms. The fourth-order valence-corrected chi connectivity index (χ4v) is 7.57. The largest absolute Gasteiger partial charge is 0.244 e. The number of thiophene rings is 1. The third-order valence-electron chi connectivity index (χ3n) is 8.72. The maximum atomic E-state index is 5.04. The molecule has 0 saturated carbocycles. The maximum absolute atomic E-state index is 5.04. The SMILES string of the molecule is c1ccc(-c2cc(-c3ccc(-c4cccc(-c5cccc6c5sc5ccccc56)c4)cc3)nc(-c3ccc4ccccc4n3)n2)cc1. The molecule has 3 nitrogen and oxygen atoms in total. The summed E-state index contributed by atoms with van der Waals surface area (Å²) in [4.78, 5) is 14.9. The van der Waals surface area contributed by atoms with Crippen molar-refractivity contribution in [2.24, 2.45) is 0 Å². The molecule has 6 aromatic carbocycles. The number of hydrogen-bond donors (Lipinski definition) is 0. The van der Waals surface area contributed by atoms with E-state index in [0.29, 0.717) is 5.82 Å². The highest BCUT2D eigenvalue weighted by atomic mass is 32.1. The lowest BCUT2D eigenvalue weighted by Crippen LogP contribution is -1.97. The Hall–Kier alpha value is -5.97. The van der Waals surface area contributed by atoms with Gasteiger partial charge in [-0.2, -0.15) is 0 Å². The molecule has 0 fully saturated rings. The fourth-order valence-electron chi connectivity index (χ4n) is 6.33. The summed E-state index contributed by atoms with van der Waals surface area (Å²) in [7, 11) is 0. The zero-order valence-corrected chi connectivity index (χ0v) is 26.2. The lowest BCUT2D eigenvalue weighted by molar-refractivity contribution is 1.16. The molecule has 0 amide bonds. The van der Waals surface area contributed by atoms with Crippen molar-refractivity contribution in [2.75, 3.05) is 0 Å². The smallest absolute Gasteiger partial charge is 0.179 e. The molecule has 0 bridgehead atoms. The first-order valence-corrected chi connectivity index (χ1v) is 16.5. The number of aromatic nitrogens is 3. The minimum Gasteiger partial charge on any atom is -0.244 e. The monoisotopic (exact) mass is 617 g/mol. The number of para-hydroxylation sites is 1. The van der Waals surface area contributed by atoms with Gasteiger partial charge >= 0.3 is 0 Å². The van der Waals surface area contributed by atoms with E-state index in [1.54, 1.807) is 0 Å². The number of rotatable bonds is 5. The van der Waals surface area contributed by atoms with Gasteiger partial charge in [0.1, 0.15) is 5.69 Å². The topological polar surface area (TPSA) is 38.7 Å². The molecule has 0 N–H and O–H groups in total. The van der Waals surface area contributed by atoms with E-state index in [-0.39, 0.29) is 0 Å². The maximum Gasteiger partial charge on any atom is 0.179 e. The molecule has 9 rings (SSSR count). The predicted molar refractivity (Wildman–Crippen MR) is 197 cm³/mol. The van der Waals surface area contributed by atoms with Crippen LogP contribution in [-0.4, -0.2) is 15.0 Å². The van der Waals surface area contributed by atoms with E-state index >= 15 is 0 Å². The van der Waals surface area contributed by atoms with Crippen LogP contribution < -0.4 is 0 Å². The van der Waals surface area contributed by atoms with Crippen molar-refractivity contribution < 1.29 is 0 Å². The predicted octanol–water partition coefficient (Wildman–Crippen LogP) is 11.7. The van der Waals surface area contributed by atoms with Gasteiger partial charge in [0, 0.05) is 36.7 Å². The summed E-state index contributed by atoms with van der Waals surface area (Å²) < 4.78 is 2.65. The summed E-state index contributed by atoms with van der Waals surface area (Å²) in [6, 6.07) is 57.4. The molecular formula is C43H27N3S. The molecule has 0 aliphatic rings. The highest BCUT2D eigenvalue weighted by Crippen LogP contribution is 2.40. The number of pyridine rings is 1. The van der Waals surface area contributed by atoms with Crippen LogP contribution in [-0.2, 0) is 0 Å². The molecule has 0 spiro atoms. The molecule has 0 aliphatic carbocycles. The van der Waals surface area contributed by atoms with E-state index in [0.717, 1.165) is 44.7 Å². The van der Waals surface area contributed by atoms with Gasteiger partial charge in [-0.1, -0.05) is 133 Å². The number of benzene rings is 6. The molecular weight excluding hydrogens is 591 g/mol. The van der Waals surface area contributed by atoms with Crippen LogP contribution in [0.4, 0.5) is 0 Å². The fraction of sp³-hybridized carbons (Fsp3) is 0. The Balaban J connectivity index is 1.10. The number of fused-ring (bicyclic) bond motifs is 4. The lowest BCUT2D eigenvalue weighted by Gasteiger charge is -2.11. The van der Waals surface area contributed by atoms with Crippen LogP contribution in [0, 0.1) is 0 Å². The van der Waals surface area contributed by atoms with Crippen molar-refractivity contribution in [3.05, 3.63) is 164 Å².